The molecule has 7 nitrogen and oxygen atoms in total. The molecular formula is C18H15ClN2O5. The maximum atomic E-state index is 12.3. The molecule has 1 N–H and O–H groups in total. The summed E-state index contributed by atoms with van der Waals surface area (Å²) in [7, 11) is 1.49. The van der Waals surface area contributed by atoms with Crippen molar-refractivity contribution in [2.75, 3.05) is 12.4 Å². The fourth-order valence-electron chi connectivity index (χ4n) is 2.52. The Hall–Kier alpha value is -3.06. The predicted octanol–water partition coefficient (Wildman–Crippen LogP) is 3.10. The lowest BCUT2D eigenvalue weighted by atomic mass is 10.1. The minimum atomic E-state index is -0.677. The van der Waals surface area contributed by atoms with Crippen molar-refractivity contribution >= 4 is 40.1 Å². The molecule has 0 aliphatic heterocycles. The Balaban J connectivity index is 1.83. The minimum Gasteiger partial charge on any atom is -0.495 e. The van der Waals surface area contributed by atoms with Gasteiger partial charge in [-0.05, 0) is 43.3 Å². The molecule has 0 fully saturated rings. The van der Waals surface area contributed by atoms with Gasteiger partial charge in [-0.2, -0.15) is 0 Å². The van der Waals surface area contributed by atoms with Crippen LogP contribution in [0.2, 0.25) is 5.02 Å². The lowest BCUT2D eigenvalue weighted by molar-refractivity contribution is -0.116. The van der Waals surface area contributed by atoms with Crippen molar-refractivity contribution in [1.82, 2.24) is 4.57 Å². The number of rotatable bonds is 5. The van der Waals surface area contributed by atoms with Crippen molar-refractivity contribution in [3.05, 3.63) is 57.5 Å². The molecule has 0 saturated carbocycles. The SMILES string of the molecule is COc1ccc(NC(=O)Cn2c(=O)oc3cc(C(C)=O)ccc32)cc1Cl. The first-order valence-electron chi connectivity index (χ1n) is 7.67. The fourth-order valence-corrected chi connectivity index (χ4v) is 2.78. The summed E-state index contributed by atoms with van der Waals surface area (Å²) in [4.78, 5) is 35.7. The van der Waals surface area contributed by atoms with Crippen LogP contribution in [0, 0.1) is 0 Å². The van der Waals surface area contributed by atoms with Gasteiger partial charge in [-0.15, -0.1) is 0 Å². The number of amides is 1. The Labute approximate surface area is 153 Å². The second kappa shape index (κ2) is 7.05. The third kappa shape index (κ3) is 3.48. The van der Waals surface area contributed by atoms with E-state index in [9.17, 15) is 14.4 Å². The maximum Gasteiger partial charge on any atom is 0.420 e. The summed E-state index contributed by atoms with van der Waals surface area (Å²) in [6.07, 6.45) is 0. The Bertz CT molecular complexity index is 1070. The summed E-state index contributed by atoms with van der Waals surface area (Å²) in [5.74, 6) is -0.755. The molecule has 0 saturated heterocycles. The number of oxazole rings is 1. The van der Waals surface area contributed by atoms with Crippen molar-refractivity contribution in [3.63, 3.8) is 0 Å². The zero-order chi connectivity index (χ0) is 18.8. The second-order valence-corrected chi connectivity index (χ2v) is 6.00. The number of anilines is 1. The number of carbonyl (C=O) groups excluding carboxylic acids is 2. The number of methoxy groups -OCH3 is 1. The molecule has 26 heavy (non-hydrogen) atoms. The molecule has 2 aromatic carbocycles. The van der Waals surface area contributed by atoms with Gasteiger partial charge in [0.2, 0.25) is 5.91 Å². The monoisotopic (exact) mass is 374 g/mol. The lowest BCUT2D eigenvalue weighted by Crippen LogP contribution is -2.24. The smallest absolute Gasteiger partial charge is 0.420 e. The Morgan fingerprint density at radius 2 is 2.00 bits per heavy atom. The third-order valence-corrected chi connectivity index (χ3v) is 4.11. The standard InChI is InChI=1S/C18H15ClN2O5/c1-10(22)11-3-5-14-16(7-11)26-18(24)21(14)9-17(23)20-12-4-6-15(25-2)13(19)8-12/h3-8H,9H2,1-2H3,(H,20,23). The van der Waals surface area contributed by atoms with E-state index in [1.165, 1.54) is 24.7 Å². The Kier molecular flexibility index (Phi) is 4.81. The topological polar surface area (TPSA) is 90.5 Å². The van der Waals surface area contributed by atoms with Crippen molar-refractivity contribution in [2.45, 2.75) is 13.5 Å². The molecule has 1 amide bonds. The first-order valence-corrected chi connectivity index (χ1v) is 8.04. The number of benzene rings is 2. The summed E-state index contributed by atoms with van der Waals surface area (Å²) >= 11 is 6.03. The van der Waals surface area contributed by atoms with Crippen LogP contribution in [0.25, 0.3) is 11.1 Å². The number of Topliss-reactive ketones (excluding diaryl/α,β-unsaturated/α-hetero) is 1. The van der Waals surface area contributed by atoms with Gasteiger partial charge in [0.25, 0.3) is 0 Å². The van der Waals surface area contributed by atoms with Crippen molar-refractivity contribution in [3.8, 4) is 5.75 Å². The molecule has 0 aliphatic carbocycles. The molecule has 0 aliphatic rings. The highest BCUT2D eigenvalue weighted by Gasteiger charge is 2.14. The van der Waals surface area contributed by atoms with Gasteiger partial charge in [-0.1, -0.05) is 11.6 Å². The summed E-state index contributed by atoms with van der Waals surface area (Å²) in [6, 6.07) is 9.45. The highest BCUT2D eigenvalue weighted by molar-refractivity contribution is 6.32. The average Bonchev–Trinajstić information content (AvgIpc) is 2.89. The summed E-state index contributed by atoms with van der Waals surface area (Å²) in [5.41, 5.74) is 1.59. The normalized spacial score (nSPS) is 10.7. The van der Waals surface area contributed by atoms with Crippen LogP contribution < -0.4 is 15.8 Å². The highest BCUT2D eigenvalue weighted by Crippen LogP contribution is 2.27. The molecule has 0 bridgehead atoms. The summed E-state index contributed by atoms with van der Waals surface area (Å²) < 4.78 is 11.4. The fraction of sp³-hybridized carbons (Fsp3) is 0.167. The first-order chi connectivity index (χ1) is 12.4. The summed E-state index contributed by atoms with van der Waals surface area (Å²) in [6.45, 7) is 1.18. The van der Waals surface area contributed by atoms with Crippen molar-refractivity contribution in [2.24, 2.45) is 0 Å². The maximum absolute atomic E-state index is 12.3. The first kappa shape index (κ1) is 17.8. The van der Waals surface area contributed by atoms with E-state index in [-0.39, 0.29) is 17.9 Å². The van der Waals surface area contributed by atoms with Crippen molar-refractivity contribution < 1.29 is 18.7 Å². The second-order valence-electron chi connectivity index (χ2n) is 5.59. The Morgan fingerprint density at radius 1 is 1.23 bits per heavy atom. The molecule has 134 valence electrons. The van der Waals surface area contributed by atoms with E-state index < -0.39 is 11.7 Å². The summed E-state index contributed by atoms with van der Waals surface area (Å²) in [5, 5.41) is 3.01. The van der Waals surface area contributed by atoms with Gasteiger partial charge in [-0.25, -0.2) is 4.79 Å². The van der Waals surface area contributed by atoms with Gasteiger partial charge in [0, 0.05) is 11.3 Å². The zero-order valence-electron chi connectivity index (χ0n) is 14.0. The number of hydrogen-bond donors (Lipinski definition) is 1. The van der Waals surface area contributed by atoms with E-state index in [1.54, 1.807) is 30.3 Å². The molecule has 0 spiro atoms. The predicted molar refractivity (Wildman–Crippen MR) is 97.1 cm³/mol. The van der Waals surface area contributed by atoms with Gasteiger partial charge in [0.1, 0.15) is 12.3 Å². The van der Waals surface area contributed by atoms with Crippen LogP contribution >= 0.6 is 11.6 Å². The van der Waals surface area contributed by atoms with Crippen LogP contribution in [0.3, 0.4) is 0 Å². The van der Waals surface area contributed by atoms with Crippen LogP contribution in [0.15, 0.2) is 45.6 Å². The van der Waals surface area contributed by atoms with Gasteiger partial charge in [0.15, 0.2) is 11.4 Å². The van der Waals surface area contributed by atoms with E-state index in [4.69, 9.17) is 20.8 Å². The number of hydrogen-bond acceptors (Lipinski definition) is 5. The van der Waals surface area contributed by atoms with Gasteiger partial charge >= 0.3 is 5.76 Å². The van der Waals surface area contributed by atoms with Crippen LogP contribution in [-0.4, -0.2) is 23.4 Å². The van der Waals surface area contributed by atoms with Gasteiger partial charge in [-0.3, -0.25) is 14.2 Å². The number of ether oxygens (including phenoxy) is 1. The van der Waals surface area contributed by atoms with E-state index in [0.29, 0.717) is 27.5 Å². The number of nitrogens with zero attached hydrogens (tertiary/aromatic N) is 1. The molecule has 1 aromatic heterocycles. The third-order valence-electron chi connectivity index (χ3n) is 3.81. The molecule has 3 rings (SSSR count). The quantitative estimate of drug-likeness (QED) is 0.693. The number of fused-ring (bicyclic) bond motifs is 1. The molecule has 0 radical (unpaired) electrons. The van der Waals surface area contributed by atoms with E-state index in [2.05, 4.69) is 5.32 Å². The van der Waals surface area contributed by atoms with Crippen LogP contribution in [-0.2, 0) is 11.3 Å². The number of halogens is 1. The van der Waals surface area contributed by atoms with Crippen LogP contribution in [0.4, 0.5) is 5.69 Å². The van der Waals surface area contributed by atoms with Gasteiger partial charge in [0.05, 0.1) is 17.6 Å². The van der Waals surface area contributed by atoms with E-state index >= 15 is 0 Å². The Morgan fingerprint density at radius 3 is 2.65 bits per heavy atom. The number of carbonyl (C=O) groups is 2. The van der Waals surface area contributed by atoms with Crippen LogP contribution in [0.1, 0.15) is 17.3 Å². The molecule has 1 heterocycles. The van der Waals surface area contributed by atoms with Crippen LogP contribution in [0.5, 0.6) is 5.75 Å². The van der Waals surface area contributed by atoms with E-state index in [0.717, 1.165) is 0 Å². The molecule has 0 atom stereocenters. The van der Waals surface area contributed by atoms with Gasteiger partial charge < -0.3 is 14.5 Å². The average molecular weight is 375 g/mol. The number of nitrogens with one attached hydrogen (secondary N) is 1. The zero-order valence-corrected chi connectivity index (χ0v) is 14.8. The molecule has 8 heteroatoms. The van der Waals surface area contributed by atoms with Crippen molar-refractivity contribution in [1.29, 1.82) is 0 Å². The minimum absolute atomic E-state index is 0.142. The largest absolute Gasteiger partial charge is 0.495 e. The lowest BCUT2D eigenvalue weighted by Gasteiger charge is -2.08. The molecule has 3 aromatic rings. The van der Waals surface area contributed by atoms with E-state index in [1.807, 2.05) is 0 Å². The molecular weight excluding hydrogens is 360 g/mol. The highest BCUT2D eigenvalue weighted by atomic mass is 35.5. The number of aromatic nitrogens is 1. The number of ketones is 1. The molecule has 0 unspecified atom stereocenters.